The largest absolute Gasteiger partial charge is 0.349 e. The van der Waals surface area contributed by atoms with E-state index < -0.39 is 0 Å². The fraction of sp³-hybridized carbons (Fsp3) is 0.765. The summed E-state index contributed by atoms with van der Waals surface area (Å²) in [5, 5.41) is 3.51. The summed E-state index contributed by atoms with van der Waals surface area (Å²) in [5.41, 5.74) is 0.605. The first kappa shape index (κ1) is 18.5. The Morgan fingerprint density at radius 3 is 2.74 bits per heavy atom. The molecule has 1 saturated carbocycles. The molecule has 2 heterocycles. The van der Waals surface area contributed by atoms with Gasteiger partial charge in [-0.05, 0) is 30.6 Å². The molecule has 1 aliphatic carbocycles. The minimum atomic E-state index is 0. The molecule has 0 unspecified atom stereocenters. The van der Waals surface area contributed by atoms with Gasteiger partial charge in [0.25, 0.3) is 0 Å². The van der Waals surface area contributed by atoms with Gasteiger partial charge in [0.15, 0.2) is 5.96 Å². The predicted octanol–water partition coefficient (Wildman–Crippen LogP) is 3.11. The van der Waals surface area contributed by atoms with Crippen molar-refractivity contribution in [3.8, 4) is 0 Å². The van der Waals surface area contributed by atoms with Crippen molar-refractivity contribution < 1.29 is 0 Å². The Bertz CT molecular complexity index is 533. The fourth-order valence-corrected chi connectivity index (χ4v) is 3.76. The van der Waals surface area contributed by atoms with Crippen LogP contribution in [0.4, 0.5) is 0 Å². The van der Waals surface area contributed by atoms with E-state index in [2.05, 4.69) is 44.8 Å². The summed E-state index contributed by atoms with van der Waals surface area (Å²) >= 11 is 0. The highest BCUT2D eigenvalue weighted by atomic mass is 127. The van der Waals surface area contributed by atoms with Gasteiger partial charge in [-0.2, -0.15) is 0 Å². The third-order valence-electron chi connectivity index (χ3n) is 5.13. The predicted molar refractivity (Wildman–Crippen MR) is 105 cm³/mol. The van der Waals surface area contributed by atoms with Crippen molar-refractivity contribution in [2.24, 2.45) is 16.3 Å². The highest BCUT2D eigenvalue weighted by molar-refractivity contribution is 14.0. The van der Waals surface area contributed by atoms with Crippen molar-refractivity contribution >= 4 is 29.9 Å². The highest BCUT2D eigenvalue weighted by Gasteiger charge is 2.43. The minimum Gasteiger partial charge on any atom is -0.349 e. The molecule has 1 N–H and O–H groups in total. The standard InChI is InChI=1S/C17H29N5.HI/c1-14(2)12-21-10-8-19-15(21)11-20-16(18-3)22-9-7-17(13-22)5-4-6-17;/h8,10,14H,4-7,9,11-13H2,1-3H3,(H,18,20);1H. The van der Waals surface area contributed by atoms with Gasteiger partial charge in [-0.15, -0.1) is 24.0 Å². The first-order valence-electron chi connectivity index (χ1n) is 8.57. The van der Waals surface area contributed by atoms with Gasteiger partial charge < -0.3 is 14.8 Å². The normalized spacial score (nSPS) is 19.8. The molecule has 5 nitrogen and oxygen atoms in total. The van der Waals surface area contributed by atoms with Crippen LogP contribution in [0.1, 0.15) is 45.4 Å². The number of halogens is 1. The number of hydrogen-bond acceptors (Lipinski definition) is 2. The highest BCUT2D eigenvalue weighted by Crippen LogP contribution is 2.47. The number of imidazole rings is 1. The SMILES string of the molecule is CN=C(NCc1nccn1CC(C)C)N1CCC2(CCC2)C1.I. The van der Waals surface area contributed by atoms with E-state index in [9.17, 15) is 0 Å². The molecule has 1 saturated heterocycles. The van der Waals surface area contributed by atoms with Crippen LogP contribution in [0.5, 0.6) is 0 Å². The maximum Gasteiger partial charge on any atom is 0.194 e. The minimum absolute atomic E-state index is 0. The number of likely N-dealkylation sites (tertiary alicyclic amines) is 1. The second-order valence-corrected chi connectivity index (χ2v) is 7.32. The van der Waals surface area contributed by atoms with Gasteiger partial charge in [0.1, 0.15) is 5.82 Å². The third kappa shape index (κ3) is 4.19. The molecule has 1 spiro atoms. The first-order chi connectivity index (χ1) is 10.6. The molecule has 1 aromatic heterocycles. The molecule has 0 bridgehead atoms. The zero-order valence-corrected chi connectivity index (χ0v) is 16.9. The van der Waals surface area contributed by atoms with Gasteiger partial charge in [-0.25, -0.2) is 4.98 Å². The molecule has 130 valence electrons. The van der Waals surface area contributed by atoms with Gasteiger partial charge >= 0.3 is 0 Å². The van der Waals surface area contributed by atoms with Crippen LogP contribution in [0.3, 0.4) is 0 Å². The van der Waals surface area contributed by atoms with Crippen molar-refractivity contribution in [2.75, 3.05) is 20.1 Å². The molecule has 1 aliphatic heterocycles. The molecule has 0 radical (unpaired) electrons. The van der Waals surface area contributed by atoms with E-state index in [-0.39, 0.29) is 24.0 Å². The van der Waals surface area contributed by atoms with E-state index in [1.165, 1.54) is 32.2 Å². The number of hydrogen-bond donors (Lipinski definition) is 1. The topological polar surface area (TPSA) is 45.5 Å². The summed E-state index contributed by atoms with van der Waals surface area (Å²) in [6, 6.07) is 0. The van der Waals surface area contributed by atoms with E-state index in [0.717, 1.165) is 31.4 Å². The van der Waals surface area contributed by atoms with Crippen molar-refractivity contribution in [3.63, 3.8) is 0 Å². The van der Waals surface area contributed by atoms with Crippen molar-refractivity contribution in [1.29, 1.82) is 0 Å². The van der Waals surface area contributed by atoms with E-state index in [4.69, 9.17) is 0 Å². The van der Waals surface area contributed by atoms with Crippen LogP contribution < -0.4 is 5.32 Å². The Hall–Kier alpha value is -0.790. The number of nitrogens with zero attached hydrogens (tertiary/aromatic N) is 4. The second-order valence-electron chi connectivity index (χ2n) is 7.32. The maximum atomic E-state index is 4.49. The Balaban J connectivity index is 0.00000192. The molecule has 23 heavy (non-hydrogen) atoms. The summed E-state index contributed by atoms with van der Waals surface area (Å²) in [6.07, 6.45) is 9.50. The van der Waals surface area contributed by atoms with Crippen LogP contribution in [0.25, 0.3) is 0 Å². The molecule has 0 atom stereocenters. The fourth-order valence-electron chi connectivity index (χ4n) is 3.76. The third-order valence-corrected chi connectivity index (χ3v) is 5.13. The molecule has 6 heteroatoms. The average Bonchev–Trinajstić information content (AvgIpc) is 3.06. The number of aromatic nitrogens is 2. The Morgan fingerprint density at radius 2 is 2.17 bits per heavy atom. The summed E-state index contributed by atoms with van der Waals surface area (Å²) in [6.45, 7) is 8.54. The van der Waals surface area contributed by atoms with Gasteiger partial charge in [-0.1, -0.05) is 20.3 Å². The van der Waals surface area contributed by atoms with Gasteiger partial charge in [-0.3, -0.25) is 4.99 Å². The van der Waals surface area contributed by atoms with Crippen LogP contribution in [0.15, 0.2) is 17.4 Å². The molecule has 2 aliphatic rings. The Kier molecular flexibility index (Phi) is 6.33. The summed E-state index contributed by atoms with van der Waals surface area (Å²) < 4.78 is 2.24. The Morgan fingerprint density at radius 1 is 1.39 bits per heavy atom. The number of nitrogens with one attached hydrogen (secondary N) is 1. The smallest absolute Gasteiger partial charge is 0.194 e. The van der Waals surface area contributed by atoms with Crippen molar-refractivity contribution in [3.05, 3.63) is 18.2 Å². The lowest BCUT2D eigenvalue weighted by molar-refractivity contribution is 0.151. The maximum absolute atomic E-state index is 4.49. The average molecular weight is 431 g/mol. The van der Waals surface area contributed by atoms with Crippen molar-refractivity contribution in [1.82, 2.24) is 19.8 Å². The number of guanidine groups is 1. The molecular weight excluding hydrogens is 401 g/mol. The monoisotopic (exact) mass is 431 g/mol. The summed E-state index contributed by atoms with van der Waals surface area (Å²) in [4.78, 5) is 11.4. The van der Waals surface area contributed by atoms with Crippen LogP contribution in [0.2, 0.25) is 0 Å². The van der Waals surface area contributed by atoms with Crippen LogP contribution in [0, 0.1) is 11.3 Å². The second kappa shape index (κ2) is 7.85. The molecule has 2 fully saturated rings. The van der Waals surface area contributed by atoms with E-state index in [1.807, 2.05) is 13.2 Å². The van der Waals surface area contributed by atoms with Gasteiger partial charge in [0, 0.05) is 39.1 Å². The van der Waals surface area contributed by atoms with Crippen LogP contribution in [-0.4, -0.2) is 40.5 Å². The molecule has 0 aromatic carbocycles. The lowest BCUT2D eigenvalue weighted by atomic mass is 9.68. The zero-order valence-electron chi connectivity index (χ0n) is 14.6. The summed E-state index contributed by atoms with van der Waals surface area (Å²) in [7, 11) is 1.88. The van der Waals surface area contributed by atoms with Gasteiger partial charge in [0.2, 0.25) is 0 Å². The van der Waals surface area contributed by atoms with Crippen LogP contribution in [-0.2, 0) is 13.1 Å². The molecule has 1 aromatic rings. The van der Waals surface area contributed by atoms with Crippen LogP contribution >= 0.6 is 24.0 Å². The molecule has 3 rings (SSSR count). The Labute approximate surface area is 157 Å². The summed E-state index contributed by atoms with van der Waals surface area (Å²) in [5.74, 6) is 2.75. The zero-order chi connectivity index (χ0) is 15.6. The lowest BCUT2D eigenvalue weighted by Gasteiger charge is -2.38. The van der Waals surface area contributed by atoms with Gasteiger partial charge in [0.05, 0.1) is 6.54 Å². The van der Waals surface area contributed by atoms with Crippen molar-refractivity contribution in [2.45, 2.75) is 52.6 Å². The quantitative estimate of drug-likeness (QED) is 0.453. The molecule has 0 amide bonds. The molecular formula is C17H30IN5. The van der Waals surface area contributed by atoms with E-state index in [1.54, 1.807) is 0 Å². The number of aliphatic imine (C=N–C) groups is 1. The van der Waals surface area contributed by atoms with E-state index >= 15 is 0 Å². The lowest BCUT2D eigenvalue weighted by Crippen LogP contribution is -2.42. The first-order valence-corrected chi connectivity index (χ1v) is 8.57. The number of rotatable bonds is 4. The van der Waals surface area contributed by atoms with E-state index in [0.29, 0.717) is 11.3 Å².